The van der Waals surface area contributed by atoms with Gasteiger partial charge in [-0.25, -0.2) is 0 Å². The van der Waals surface area contributed by atoms with Crippen molar-refractivity contribution in [3.05, 3.63) is 0 Å². The molecule has 1 aliphatic heterocycles. The summed E-state index contributed by atoms with van der Waals surface area (Å²) in [5, 5.41) is 9.59. The highest BCUT2D eigenvalue weighted by Crippen LogP contribution is 2.41. The molecule has 0 amide bonds. The van der Waals surface area contributed by atoms with Crippen LogP contribution < -0.4 is 0 Å². The molecule has 0 aromatic heterocycles. The summed E-state index contributed by atoms with van der Waals surface area (Å²) < 4.78 is 0. The van der Waals surface area contributed by atoms with E-state index >= 15 is 0 Å². The van der Waals surface area contributed by atoms with Crippen LogP contribution in [-0.2, 0) is 4.79 Å². The molecule has 0 bridgehead atoms. The Morgan fingerprint density at radius 2 is 1.82 bits per heavy atom. The van der Waals surface area contributed by atoms with Crippen molar-refractivity contribution >= 4 is 5.97 Å². The van der Waals surface area contributed by atoms with Crippen LogP contribution in [0.1, 0.15) is 46.5 Å². The van der Waals surface area contributed by atoms with E-state index in [1.165, 1.54) is 0 Å². The third-order valence-electron chi connectivity index (χ3n) is 4.96. The normalized spacial score (nSPS) is 35.9. The third kappa shape index (κ3) is 2.22. The number of aliphatic carboxylic acids is 1. The van der Waals surface area contributed by atoms with Crippen LogP contribution in [0.2, 0.25) is 0 Å². The molecule has 1 heterocycles. The molecule has 1 saturated heterocycles. The molecule has 1 saturated carbocycles. The summed E-state index contributed by atoms with van der Waals surface area (Å²) in [6.07, 6.45) is 3.81. The maximum atomic E-state index is 11.7. The van der Waals surface area contributed by atoms with Crippen molar-refractivity contribution in [3.63, 3.8) is 0 Å². The Hall–Kier alpha value is -0.570. The van der Waals surface area contributed by atoms with Gasteiger partial charge in [0.05, 0.1) is 0 Å². The van der Waals surface area contributed by atoms with Gasteiger partial charge in [-0.05, 0) is 43.4 Å². The van der Waals surface area contributed by atoms with Gasteiger partial charge in [-0.1, -0.05) is 20.8 Å². The number of carboxylic acid groups (broad SMARTS) is 1. The lowest BCUT2D eigenvalue weighted by Gasteiger charge is -2.53. The number of nitrogens with zero attached hydrogens (tertiary/aromatic N) is 1. The first kappa shape index (κ1) is 12.9. The predicted molar refractivity (Wildman–Crippen MR) is 67.9 cm³/mol. The second kappa shape index (κ2) is 4.60. The summed E-state index contributed by atoms with van der Waals surface area (Å²) >= 11 is 0. The molecule has 2 aliphatic rings. The maximum absolute atomic E-state index is 11.7. The molecule has 1 N–H and O–H groups in total. The Balaban J connectivity index is 2.02. The van der Waals surface area contributed by atoms with Crippen LogP contribution in [-0.4, -0.2) is 34.6 Å². The van der Waals surface area contributed by atoms with Crippen molar-refractivity contribution in [2.45, 2.75) is 52.0 Å². The van der Waals surface area contributed by atoms with Gasteiger partial charge in [-0.15, -0.1) is 0 Å². The van der Waals surface area contributed by atoms with Crippen LogP contribution in [0.15, 0.2) is 0 Å². The minimum Gasteiger partial charge on any atom is -0.480 e. The highest BCUT2D eigenvalue weighted by atomic mass is 16.4. The Labute approximate surface area is 104 Å². The first-order valence-corrected chi connectivity index (χ1v) is 6.94. The van der Waals surface area contributed by atoms with Crippen molar-refractivity contribution in [1.29, 1.82) is 0 Å². The first-order valence-electron chi connectivity index (χ1n) is 6.94. The zero-order chi connectivity index (χ0) is 12.6. The Bertz CT molecular complexity index is 287. The van der Waals surface area contributed by atoms with Crippen LogP contribution in [0, 0.1) is 17.8 Å². The lowest BCUT2D eigenvalue weighted by molar-refractivity contribution is -0.163. The number of hydrogen-bond donors (Lipinski definition) is 1. The number of hydrogen-bond acceptors (Lipinski definition) is 2. The monoisotopic (exact) mass is 239 g/mol. The van der Waals surface area contributed by atoms with Crippen molar-refractivity contribution < 1.29 is 9.90 Å². The second-order valence-corrected chi connectivity index (χ2v) is 6.43. The van der Waals surface area contributed by atoms with E-state index in [0.29, 0.717) is 17.8 Å². The smallest absolute Gasteiger partial charge is 0.324 e. The molecule has 2 rings (SSSR count). The Morgan fingerprint density at radius 1 is 1.29 bits per heavy atom. The number of rotatable bonds is 3. The summed E-state index contributed by atoms with van der Waals surface area (Å²) in [5.74, 6) is 1.49. The molecule has 2 fully saturated rings. The second-order valence-electron chi connectivity index (χ2n) is 6.43. The number of carbonyl (C=O) groups is 1. The van der Waals surface area contributed by atoms with Gasteiger partial charge in [-0.3, -0.25) is 9.69 Å². The average Bonchev–Trinajstić information content (AvgIpc) is 2.18. The lowest BCUT2D eigenvalue weighted by Crippen LogP contribution is -2.65. The van der Waals surface area contributed by atoms with E-state index < -0.39 is 11.5 Å². The van der Waals surface area contributed by atoms with E-state index in [1.54, 1.807) is 0 Å². The molecule has 0 aromatic rings. The van der Waals surface area contributed by atoms with Crippen molar-refractivity contribution in [3.8, 4) is 0 Å². The molecule has 0 atom stereocenters. The van der Waals surface area contributed by atoms with Crippen LogP contribution in [0.4, 0.5) is 0 Å². The molecule has 3 nitrogen and oxygen atoms in total. The number of likely N-dealkylation sites (tertiary alicyclic amines) is 1. The third-order valence-corrected chi connectivity index (χ3v) is 4.96. The van der Waals surface area contributed by atoms with Crippen LogP contribution in [0.5, 0.6) is 0 Å². The van der Waals surface area contributed by atoms with Crippen molar-refractivity contribution in [2.75, 3.05) is 13.1 Å². The van der Waals surface area contributed by atoms with E-state index in [-0.39, 0.29) is 0 Å². The first-order chi connectivity index (χ1) is 7.95. The fourth-order valence-corrected chi connectivity index (χ4v) is 3.19. The van der Waals surface area contributed by atoms with Gasteiger partial charge in [0.25, 0.3) is 0 Å². The highest BCUT2D eigenvalue weighted by molar-refractivity contribution is 5.79. The highest BCUT2D eigenvalue weighted by Gasteiger charge is 2.50. The van der Waals surface area contributed by atoms with E-state index in [1.807, 2.05) is 0 Å². The van der Waals surface area contributed by atoms with E-state index in [0.717, 1.165) is 38.8 Å². The average molecular weight is 239 g/mol. The van der Waals surface area contributed by atoms with Gasteiger partial charge in [0.15, 0.2) is 0 Å². The van der Waals surface area contributed by atoms with E-state index in [2.05, 4.69) is 25.7 Å². The van der Waals surface area contributed by atoms with Gasteiger partial charge >= 0.3 is 5.97 Å². The zero-order valence-electron chi connectivity index (χ0n) is 11.3. The summed E-state index contributed by atoms with van der Waals surface area (Å²) in [6.45, 7) is 8.67. The Kier molecular flexibility index (Phi) is 3.48. The molecule has 98 valence electrons. The quantitative estimate of drug-likeness (QED) is 0.823. The lowest BCUT2D eigenvalue weighted by atomic mass is 9.72. The number of carboxylic acids is 1. The SMILES string of the molecule is CC1CCC(C(=O)O)(N2CC(C(C)C)C2)CC1. The fourth-order valence-electron chi connectivity index (χ4n) is 3.19. The molecular weight excluding hydrogens is 214 g/mol. The van der Waals surface area contributed by atoms with E-state index in [9.17, 15) is 9.90 Å². The largest absolute Gasteiger partial charge is 0.480 e. The topological polar surface area (TPSA) is 40.5 Å². The van der Waals surface area contributed by atoms with Gasteiger partial charge in [0.1, 0.15) is 5.54 Å². The summed E-state index contributed by atoms with van der Waals surface area (Å²) in [4.78, 5) is 13.9. The van der Waals surface area contributed by atoms with E-state index in [4.69, 9.17) is 0 Å². The van der Waals surface area contributed by atoms with Gasteiger partial charge in [0.2, 0.25) is 0 Å². The maximum Gasteiger partial charge on any atom is 0.324 e. The summed E-state index contributed by atoms with van der Waals surface area (Å²) in [7, 11) is 0. The molecule has 3 heteroatoms. The molecule has 17 heavy (non-hydrogen) atoms. The molecule has 1 aliphatic carbocycles. The molecule has 0 spiro atoms. The minimum atomic E-state index is -0.591. The standard InChI is InChI=1S/C14H25NO2/c1-10(2)12-8-15(9-12)14(13(16)17)6-4-11(3)5-7-14/h10-12H,4-9H2,1-3H3,(H,16,17). The predicted octanol–water partition coefficient (Wildman–Crippen LogP) is 2.61. The van der Waals surface area contributed by atoms with Crippen molar-refractivity contribution in [1.82, 2.24) is 4.90 Å². The zero-order valence-corrected chi connectivity index (χ0v) is 11.3. The van der Waals surface area contributed by atoms with Gasteiger partial charge in [-0.2, -0.15) is 0 Å². The van der Waals surface area contributed by atoms with Crippen LogP contribution >= 0.6 is 0 Å². The van der Waals surface area contributed by atoms with Crippen LogP contribution in [0.25, 0.3) is 0 Å². The minimum absolute atomic E-state index is 0.530. The van der Waals surface area contributed by atoms with Crippen molar-refractivity contribution in [2.24, 2.45) is 17.8 Å². The Morgan fingerprint density at radius 3 is 2.24 bits per heavy atom. The molecule has 0 radical (unpaired) electrons. The van der Waals surface area contributed by atoms with Gasteiger partial charge < -0.3 is 5.11 Å². The fraction of sp³-hybridized carbons (Fsp3) is 0.929. The summed E-state index contributed by atoms with van der Waals surface area (Å²) in [6, 6.07) is 0. The van der Waals surface area contributed by atoms with Crippen LogP contribution in [0.3, 0.4) is 0 Å². The summed E-state index contributed by atoms with van der Waals surface area (Å²) in [5.41, 5.74) is -0.530. The molecule has 0 aromatic carbocycles. The molecule has 0 unspecified atom stereocenters. The molecular formula is C14H25NO2. The van der Waals surface area contributed by atoms with Gasteiger partial charge in [0, 0.05) is 13.1 Å².